The van der Waals surface area contributed by atoms with Crippen molar-refractivity contribution in [2.45, 2.75) is 24.1 Å². The molecule has 11 heteroatoms. The summed E-state index contributed by atoms with van der Waals surface area (Å²) in [4.78, 5) is 7.71. The molecule has 0 saturated heterocycles. The molecule has 2 aliphatic heterocycles. The van der Waals surface area contributed by atoms with Gasteiger partial charge in [-0.3, -0.25) is 9.47 Å². The third kappa shape index (κ3) is 2.08. The summed E-state index contributed by atoms with van der Waals surface area (Å²) in [7, 11) is 1.64. The Labute approximate surface area is 169 Å². The fraction of sp³-hybridized carbons (Fsp3) is 0.278. The van der Waals surface area contributed by atoms with Gasteiger partial charge in [-0.1, -0.05) is 28.9 Å². The Morgan fingerprint density at radius 2 is 2.07 bits per heavy atom. The summed E-state index contributed by atoms with van der Waals surface area (Å²) >= 11 is 6.56. The predicted molar refractivity (Wildman–Crippen MR) is 101 cm³/mol. The Kier molecular flexibility index (Phi) is 3.17. The first-order valence-corrected chi connectivity index (χ1v) is 9.38. The number of benzene rings is 1. The van der Waals surface area contributed by atoms with E-state index < -0.39 is 11.2 Å². The summed E-state index contributed by atoms with van der Waals surface area (Å²) in [6.07, 6.45) is 5.43. The molecule has 1 aromatic carbocycles. The van der Waals surface area contributed by atoms with Crippen LogP contribution in [0.15, 0.2) is 35.0 Å². The molecule has 29 heavy (non-hydrogen) atoms. The zero-order valence-electron chi connectivity index (χ0n) is 15.2. The Morgan fingerprint density at radius 1 is 1.28 bits per heavy atom. The maximum Gasteiger partial charge on any atom is 0.296 e. The van der Waals surface area contributed by atoms with Crippen molar-refractivity contribution in [2.24, 2.45) is 0 Å². The lowest BCUT2D eigenvalue weighted by Crippen LogP contribution is -2.36. The van der Waals surface area contributed by atoms with Crippen LogP contribution < -0.4 is 4.90 Å². The average molecular weight is 409 g/mol. The fourth-order valence-corrected chi connectivity index (χ4v) is 4.09. The molecule has 1 atom stereocenters. The van der Waals surface area contributed by atoms with E-state index in [0.29, 0.717) is 23.3 Å². The number of ether oxygens (including phenoxy) is 1. The van der Waals surface area contributed by atoms with Crippen LogP contribution in [-0.4, -0.2) is 42.5 Å². The third-order valence-electron chi connectivity index (χ3n) is 5.48. The maximum absolute atomic E-state index is 9.47. The number of fused-ring (bicyclic) bond motifs is 6. The molecule has 144 valence electrons. The van der Waals surface area contributed by atoms with E-state index >= 15 is 0 Å². The molecule has 1 aliphatic carbocycles. The van der Waals surface area contributed by atoms with E-state index in [-0.39, 0.29) is 5.89 Å². The van der Waals surface area contributed by atoms with Gasteiger partial charge in [-0.25, -0.2) is 4.90 Å². The highest BCUT2D eigenvalue weighted by Crippen LogP contribution is 2.49. The first-order valence-electron chi connectivity index (χ1n) is 8.95. The first-order chi connectivity index (χ1) is 14.2. The van der Waals surface area contributed by atoms with Crippen LogP contribution in [0, 0.1) is 11.5 Å². The number of para-hydroxylation sites is 1. The molecule has 0 N–H and O–H groups in total. The zero-order valence-corrected chi connectivity index (χ0v) is 15.9. The van der Waals surface area contributed by atoms with Gasteiger partial charge in [0, 0.05) is 12.7 Å². The molecule has 3 aromatic rings. The number of hydrogen-bond acceptors (Lipinski definition) is 9. The van der Waals surface area contributed by atoms with Gasteiger partial charge in [-0.15, -0.1) is 10.2 Å². The predicted octanol–water partition coefficient (Wildman–Crippen LogP) is 2.53. The minimum atomic E-state index is -0.707. The van der Waals surface area contributed by atoms with Crippen molar-refractivity contribution in [1.29, 1.82) is 5.26 Å². The van der Waals surface area contributed by atoms with E-state index in [9.17, 15) is 5.26 Å². The van der Waals surface area contributed by atoms with Crippen LogP contribution >= 0.6 is 11.6 Å². The van der Waals surface area contributed by atoms with E-state index in [1.54, 1.807) is 17.9 Å². The van der Waals surface area contributed by atoms with E-state index in [1.165, 1.54) is 4.90 Å². The molecule has 4 heterocycles. The van der Waals surface area contributed by atoms with E-state index in [1.807, 2.05) is 29.2 Å². The van der Waals surface area contributed by atoms with Gasteiger partial charge in [0.15, 0.2) is 17.6 Å². The van der Waals surface area contributed by atoms with Gasteiger partial charge in [0.25, 0.3) is 5.89 Å². The molecule has 0 amide bonds. The minimum absolute atomic E-state index is 0.226. The van der Waals surface area contributed by atoms with Crippen LogP contribution in [0.2, 0.25) is 0 Å². The standard InChI is InChI=1S/C18H13ClN8O2/c1-28-18(6-7-18)16-21-15(29-24-16)14-23-22-13-10-4-2-3-5-11(10)26-12(27(13)14)8-25(9-20)17(26)19/h2-5,8,17H,6-7H2,1H3. The highest BCUT2D eigenvalue weighted by atomic mass is 35.5. The maximum atomic E-state index is 9.47. The molecule has 6 rings (SSSR count). The summed E-state index contributed by atoms with van der Waals surface area (Å²) in [5.74, 6) is 2.33. The Morgan fingerprint density at radius 3 is 2.83 bits per heavy atom. The molecule has 0 bridgehead atoms. The number of anilines is 1. The lowest BCUT2D eigenvalue weighted by Gasteiger charge is -2.32. The number of hydrogen-bond donors (Lipinski definition) is 0. The molecule has 2 aromatic heterocycles. The molecule has 1 saturated carbocycles. The third-order valence-corrected chi connectivity index (χ3v) is 5.88. The number of methoxy groups -OCH3 is 1. The van der Waals surface area contributed by atoms with Gasteiger partial charge in [0.05, 0.1) is 11.9 Å². The molecule has 3 aliphatic rings. The zero-order chi connectivity index (χ0) is 19.8. The van der Waals surface area contributed by atoms with Gasteiger partial charge in [-0.05, 0) is 25.0 Å². The first kappa shape index (κ1) is 16.5. The van der Waals surface area contributed by atoms with E-state index in [0.717, 1.165) is 24.1 Å². The molecular formula is C18H13ClN8O2. The Hall–Kier alpha value is -3.42. The lowest BCUT2D eigenvalue weighted by atomic mass is 10.1. The normalized spacial score (nSPS) is 20.6. The second-order valence-corrected chi connectivity index (χ2v) is 7.39. The van der Waals surface area contributed by atoms with Crippen LogP contribution in [0.25, 0.3) is 28.9 Å². The molecular weight excluding hydrogens is 396 g/mol. The molecule has 1 fully saturated rings. The number of halogens is 1. The number of rotatable bonds is 3. The summed E-state index contributed by atoms with van der Waals surface area (Å²) in [5, 5.41) is 22.2. The van der Waals surface area contributed by atoms with Crippen molar-refractivity contribution in [3.05, 3.63) is 36.3 Å². The molecule has 1 unspecified atom stereocenters. The van der Waals surface area contributed by atoms with Gasteiger partial charge in [0.2, 0.25) is 11.6 Å². The summed E-state index contributed by atoms with van der Waals surface area (Å²) in [5.41, 5.74) is 0.493. The number of nitriles is 1. The SMILES string of the molecule is COC1(c2noc(-c3nnc4n3C3=CN(C#N)C(Cl)N3c3ccccc3-4)n2)CC1. The van der Waals surface area contributed by atoms with Crippen LogP contribution in [-0.2, 0) is 10.3 Å². The Balaban J connectivity index is 1.55. The van der Waals surface area contributed by atoms with Gasteiger partial charge in [0.1, 0.15) is 11.4 Å². The van der Waals surface area contributed by atoms with E-state index in [2.05, 4.69) is 26.5 Å². The van der Waals surface area contributed by atoms with Crippen molar-refractivity contribution in [3.63, 3.8) is 0 Å². The molecule has 0 radical (unpaired) electrons. The topological polar surface area (TPSA) is 109 Å². The largest absolute Gasteiger partial charge is 0.370 e. The highest BCUT2D eigenvalue weighted by Gasteiger charge is 2.50. The van der Waals surface area contributed by atoms with Crippen LogP contribution in [0.1, 0.15) is 18.7 Å². The summed E-state index contributed by atoms with van der Waals surface area (Å²) in [6, 6.07) is 7.68. The summed E-state index contributed by atoms with van der Waals surface area (Å²) < 4.78 is 12.8. The van der Waals surface area contributed by atoms with Crippen LogP contribution in [0.4, 0.5) is 5.69 Å². The monoisotopic (exact) mass is 408 g/mol. The number of alkyl halides is 1. The van der Waals surface area contributed by atoms with Crippen LogP contribution in [0.3, 0.4) is 0 Å². The second-order valence-electron chi connectivity index (χ2n) is 7.00. The quantitative estimate of drug-likeness (QED) is 0.366. The van der Waals surface area contributed by atoms with Crippen molar-refractivity contribution >= 4 is 23.1 Å². The second kappa shape index (κ2) is 5.56. The van der Waals surface area contributed by atoms with Gasteiger partial charge in [-0.2, -0.15) is 10.2 Å². The molecule has 10 nitrogen and oxygen atoms in total. The van der Waals surface area contributed by atoms with E-state index in [4.69, 9.17) is 20.9 Å². The van der Waals surface area contributed by atoms with Gasteiger partial charge < -0.3 is 9.26 Å². The highest BCUT2D eigenvalue weighted by molar-refractivity contribution is 6.23. The molecule has 0 spiro atoms. The van der Waals surface area contributed by atoms with Crippen molar-refractivity contribution < 1.29 is 9.26 Å². The lowest BCUT2D eigenvalue weighted by molar-refractivity contribution is 0.0689. The summed E-state index contributed by atoms with van der Waals surface area (Å²) in [6.45, 7) is 0. The van der Waals surface area contributed by atoms with Gasteiger partial charge >= 0.3 is 0 Å². The minimum Gasteiger partial charge on any atom is -0.370 e. The Bertz CT molecular complexity index is 1220. The fourth-order valence-electron chi connectivity index (χ4n) is 3.78. The number of nitrogens with zero attached hydrogens (tertiary/aromatic N) is 8. The van der Waals surface area contributed by atoms with Crippen molar-refractivity contribution in [2.75, 3.05) is 12.0 Å². The van der Waals surface area contributed by atoms with Crippen LogP contribution in [0.5, 0.6) is 0 Å². The smallest absolute Gasteiger partial charge is 0.296 e. The van der Waals surface area contributed by atoms with Crippen molar-refractivity contribution in [1.82, 2.24) is 29.8 Å². The van der Waals surface area contributed by atoms with Crippen molar-refractivity contribution in [3.8, 4) is 29.3 Å². The average Bonchev–Trinajstić information content (AvgIpc) is 3.08. The number of aromatic nitrogens is 5.